The van der Waals surface area contributed by atoms with Crippen LogP contribution in [0.2, 0.25) is 0 Å². The second kappa shape index (κ2) is 7.51. The van der Waals surface area contributed by atoms with Crippen molar-refractivity contribution in [3.05, 3.63) is 42.4 Å². The maximum absolute atomic E-state index is 12.4. The summed E-state index contributed by atoms with van der Waals surface area (Å²) in [5, 5.41) is 10.6. The number of hydrogen-bond donors (Lipinski definition) is 1. The molecule has 0 saturated carbocycles. The van der Waals surface area contributed by atoms with E-state index in [9.17, 15) is 19.5 Å². The lowest BCUT2D eigenvalue weighted by Crippen LogP contribution is -2.38. The second-order valence-corrected chi connectivity index (χ2v) is 7.40. The monoisotopic (exact) mass is 391 g/mol. The first-order valence-corrected chi connectivity index (χ1v) is 9.53. The van der Waals surface area contributed by atoms with Gasteiger partial charge in [0.25, 0.3) is 5.56 Å². The molecule has 1 aliphatic carbocycles. The zero-order valence-electron chi connectivity index (χ0n) is 15.4. The number of thiophene rings is 1. The lowest BCUT2D eigenvalue weighted by molar-refractivity contribution is 0.0526. The summed E-state index contributed by atoms with van der Waals surface area (Å²) in [6, 6.07) is 0. The molecule has 2 aromatic heterocycles. The van der Waals surface area contributed by atoms with Gasteiger partial charge in [-0.25, -0.2) is 14.6 Å². The first kappa shape index (κ1) is 19.1. The molecule has 0 radical (unpaired) electrons. The lowest BCUT2D eigenvalue weighted by atomic mass is 9.95. The van der Waals surface area contributed by atoms with Crippen molar-refractivity contribution in [2.45, 2.75) is 32.6 Å². The zero-order chi connectivity index (χ0) is 19.7. The molecule has 0 atom stereocenters. The van der Waals surface area contributed by atoms with E-state index in [1.54, 1.807) is 6.92 Å². The number of rotatable bonds is 4. The van der Waals surface area contributed by atoms with E-state index < -0.39 is 23.1 Å². The van der Waals surface area contributed by atoms with Crippen LogP contribution in [0.4, 0.5) is 5.00 Å². The third-order valence-corrected chi connectivity index (χ3v) is 5.81. The fourth-order valence-electron chi connectivity index (χ4n) is 3.15. The standard InChI is InChI=1S/C18H21N3O5S/c1-4-26-17(24)13-10-7-5-6-8-12(10)27-14(13)19-9-11-15(22)20(2)18(25)21(3)16(11)23/h9,22H,4-8H2,1-3H3. The topological polar surface area (TPSA) is 103 Å². The van der Waals surface area contributed by atoms with E-state index in [0.29, 0.717) is 10.6 Å². The van der Waals surface area contributed by atoms with E-state index in [2.05, 4.69) is 4.99 Å². The Morgan fingerprint density at radius 2 is 1.96 bits per heavy atom. The van der Waals surface area contributed by atoms with Gasteiger partial charge in [-0.2, -0.15) is 0 Å². The summed E-state index contributed by atoms with van der Waals surface area (Å²) in [5.74, 6) is -0.896. The van der Waals surface area contributed by atoms with E-state index in [1.807, 2.05) is 0 Å². The highest BCUT2D eigenvalue weighted by Gasteiger charge is 2.26. The highest BCUT2D eigenvalue weighted by Crippen LogP contribution is 2.40. The Kier molecular flexibility index (Phi) is 5.31. The molecule has 0 bridgehead atoms. The zero-order valence-corrected chi connectivity index (χ0v) is 16.3. The Balaban J connectivity index is 2.12. The van der Waals surface area contributed by atoms with Crippen LogP contribution in [-0.2, 0) is 31.7 Å². The first-order chi connectivity index (χ1) is 12.9. The van der Waals surface area contributed by atoms with Gasteiger partial charge in [0.15, 0.2) is 0 Å². The number of fused-ring (bicyclic) bond motifs is 1. The fraction of sp³-hybridized carbons (Fsp3) is 0.444. The van der Waals surface area contributed by atoms with Crippen LogP contribution in [0.25, 0.3) is 0 Å². The number of carbonyl (C=O) groups is 1. The molecule has 0 amide bonds. The number of aliphatic imine (C=N–C) groups is 1. The summed E-state index contributed by atoms with van der Waals surface area (Å²) in [4.78, 5) is 42.0. The quantitative estimate of drug-likeness (QED) is 0.631. The van der Waals surface area contributed by atoms with Crippen LogP contribution in [0.15, 0.2) is 14.6 Å². The van der Waals surface area contributed by atoms with Crippen LogP contribution in [0.3, 0.4) is 0 Å². The van der Waals surface area contributed by atoms with Crippen molar-refractivity contribution < 1.29 is 14.6 Å². The van der Waals surface area contributed by atoms with Crippen LogP contribution in [-0.4, -0.2) is 33.0 Å². The summed E-state index contributed by atoms with van der Waals surface area (Å²) in [6.07, 6.45) is 4.94. The van der Waals surface area contributed by atoms with Crippen molar-refractivity contribution >= 4 is 28.5 Å². The average molecular weight is 391 g/mol. The minimum absolute atomic E-state index is 0.110. The number of ether oxygens (including phenoxy) is 1. The first-order valence-electron chi connectivity index (χ1n) is 8.71. The van der Waals surface area contributed by atoms with E-state index >= 15 is 0 Å². The molecule has 8 nitrogen and oxygen atoms in total. The summed E-state index contributed by atoms with van der Waals surface area (Å²) in [7, 11) is 2.69. The highest BCUT2D eigenvalue weighted by molar-refractivity contribution is 7.16. The number of aromatic nitrogens is 2. The molecule has 3 rings (SSSR count). The van der Waals surface area contributed by atoms with Gasteiger partial charge in [0, 0.05) is 25.2 Å². The van der Waals surface area contributed by atoms with Crippen molar-refractivity contribution in [1.29, 1.82) is 0 Å². The van der Waals surface area contributed by atoms with Crippen molar-refractivity contribution in [1.82, 2.24) is 9.13 Å². The predicted molar refractivity (Wildman–Crippen MR) is 103 cm³/mol. The van der Waals surface area contributed by atoms with Gasteiger partial charge in [-0.05, 0) is 38.2 Å². The Morgan fingerprint density at radius 1 is 1.26 bits per heavy atom. The summed E-state index contributed by atoms with van der Waals surface area (Å²) in [5.41, 5.74) is 0.0101. The smallest absolute Gasteiger partial charge is 0.341 e. The van der Waals surface area contributed by atoms with Gasteiger partial charge in [-0.1, -0.05) is 0 Å². The van der Waals surface area contributed by atoms with Gasteiger partial charge in [0.05, 0.1) is 12.2 Å². The van der Waals surface area contributed by atoms with E-state index in [1.165, 1.54) is 31.6 Å². The van der Waals surface area contributed by atoms with Gasteiger partial charge < -0.3 is 9.84 Å². The molecule has 1 N–H and O–H groups in total. The molecule has 9 heteroatoms. The highest BCUT2D eigenvalue weighted by atomic mass is 32.1. The molecule has 1 aliphatic rings. The van der Waals surface area contributed by atoms with E-state index in [0.717, 1.165) is 45.3 Å². The van der Waals surface area contributed by atoms with Crippen LogP contribution in [0, 0.1) is 0 Å². The Labute approximate surface area is 159 Å². The molecule has 0 fully saturated rings. The van der Waals surface area contributed by atoms with Gasteiger partial charge in [-0.15, -0.1) is 11.3 Å². The predicted octanol–water partition coefficient (Wildman–Crippen LogP) is 1.66. The number of carbonyl (C=O) groups excluding carboxylic acids is 1. The maximum Gasteiger partial charge on any atom is 0.341 e. The fourth-order valence-corrected chi connectivity index (χ4v) is 4.37. The largest absolute Gasteiger partial charge is 0.494 e. The average Bonchev–Trinajstić information content (AvgIpc) is 3.03. The van der Waals surface area contributed by atoms with Gasteiger partial charge in [0.2, 0.25) is 5.88 Å². The van der Waals surface area contributed by atoms with E-state index in [4.69, 9.17) is 4.74 Å². The van der Waals surface area contributed by atoms with Gasteiger partial charge in [-0.3, -0.25) is 13.9 Å². The normalized spacial score (nSPS) is 13.7. The van der Waals surface area contributed by atoms with Crippen LogP contribution >= 0.6 is 11.3 Å². The van der Waals surface area contributed by atoms with Crippen molar-refractivity contribution in [2.24, 2.45) is 19.1 Å². The maximum atomic E-state index is 12.4. The molecule has 0 aromatic carbocycles. The lowest BCUT2D eigenvalue weighted by Gasteiger charge is -2.11. The van der Waals surface area contributed by atoms with Gasteiger partial charge >= 0.3 is 11.7 Å². The van der Waals surface area contributed by atoms with Crippen molar-refractivity contribution in [2.75, 3.05) is 6.61 Å². The number of nitrogens with zero attached hydrogens (tertiary/aromatic N) is 3. The molecule has 27 heavy (non-hydrogen) atoms. The Morgan fingerprint density at radius 3 is 2.67 bits per heavy atom. The summed E-state index contributed by atoms with van der Waals surface area (Å²) >= 11 is 1.40. The van der Waals surface area contributed by atoms with Crippen molar-refractivity contribution in [3.63, 3.8) is 0 Å². The SMILES string of the molecule is CCOC(=O)c1c(N=Cc2c(O)n(C)c(=O)n(C)c2=O)sc2c1CCCC2. The van der Waals surface area contributed by atoms with Gasteiger partial charge in [0.1, 0.15) is 10.6 Å². The Hall–Kier alpha value is -2.68. The molecular weight excluding hydrogens is 370 g/mol. The van der Waals surface area contributed by atoms with E-state index in [-0.39, 0.29) is 12.2 Å². The summed E-state index contributed by atoms with van der Waals surface area (Å²) in [6.45, 7) is 2.00. The Bertz CT molecular complexity index is 1040. The molecule has 0 saturated heterocycles. The number of aryl methyl sites for hydroxylation is 1. The number of hydrogen-bond acceptors (Lipinski definition) is 7. The van der Waals surface area contributed by atoms with Crippen LogP contribution in [0.5, 0.6) is 5.88 Å². The molecule has 0 unspecified atom stereocenters. The molecule has 144 valence electrons. The minimum atomic E-state index is -0.654. The number of aromatic hydroxyl groups is 1. The molecule has 0 spiro atoms. The van der Waals surface area contributed by atoms with Crippen LogP contribution < -0.4 is 11.2 Å². The van der Waals surface area contributed by atoms with Crippen LogP contribution in [0.1, 0.15) is 46.1 Å². The molecule has 2 heterocycles. The summed E-state index contributed by atoms with van der Waals surface area (Å²) < 4.78 is 7.04. The third kappa shape index (κ3) is 3.34. The molecule has 0 aliphatic heterocycles. The third-order valence-electron chi connectivity index (χ3n) is 4.61. The second-order valence-electron chi connectivity index (χ2n) is 6.31. The van der Waals surface area contributed by atoms with Crippen molar-refractivity contribution in [3.8, 4) is 5.88 Å². The number of esters is 1. The minimum Gasteiger partial charge on any atom is -0.494 e. The molecular formula is C18H21N3O5S. The molecule has 2 aromatic rings.